The molecule has 3 aliphatic rings. The molecule has 4 unspecified atom stereocenters. The zero-order valence-corrected chi connectivity index (χ0v) is 32.3. The number of hydrazine groups is 2. The van der Waals surface area contributed by atoms with E-state index in [2.05, 4.69) is 17.8 Å². The number of nitrogens with one attached hydrogen (secondary N) is 2. The summed E-state index contributed by atoms with van der Waals surface area (Å²) in [5.74, 6) is -3.97. The summed E-state index contributed by atoms with van der Waals surface area (Å²) < 4.78 is 0. The molecule has 280 valence electrons. The Morgan fingerprint density at radius 3 is 2.02 bits per heavy atom. The number of phenols is 1. The third kappa shape index (κ3) is 9.42. The van der Waals surface area contributed by atoms with Crippen molar-refractivity contribution >= 4 is 47.2 Å². The lowest BCUT2D eigenvalue weighted by Gasteiger charge is -2.29. The van der Waals surface area contributed by atoms with Crippen molar-refractivity contribution in [3.8, 4) is 5.75 Å². The minimum Gasteiger partial charge on any atom is -0.507 e. The standard InChI is InChI=1S/C39H56N4O7S/c1-9-10-11-12-16-51-17-15-31(45)40-42-32(46)22-26(35(42)48)25-18-23(2)33-27(21-25)36(49)43(37(33)50)41-30(44)14-13-24-19-28(38(3,4)5)34(47)29(20-24)39(6,7)8/h18-20,25-27,33,47H,9-17,21-22H2,1-8H3,(H,40,45)(H,41,44). The zero-order chi connectivity index (χ0) is 37.8. The van der Waals surface area contributed by atoms with Gasteiger partial charge in [0.1, 0.15) is 5.75 Å². The molecule has 51 heavy (non-hydrogen) atoms. The lowest BCUT2D eigenvalue weighted by Crippen LogP contribution is -2.47. The molecule has 0 bridgehead atoms. The molecule has 4 atom stereocenters. The summed E-state index contributed by atoms with van der Waals surface area (Å²) in [5.41, 5.74) is 7.40. The molecule has 1 aromatic carbocycles. The minimum absolute atomic E-state index is 0.0136. The highest BCUT2D eigenvalue weighted by molar-refractivity contribution is 7.99. The van der Waals surface area contributed by atoms with Crippen molar-refractivity contribution in [2.24, 2.45) is 23.7 Å². The second-order valence-corrected chi connectivity index (χ2v) is 17.5. The topological polar surface area (TPSA) is 153 Å². The Morgan fingerprint density at radius 1 is 0.824 bits per heavy atom. The number of hydrogen-bond acceptors (Lipinski definition) is 8. The number of fused-ring (bicyclic) bond motifs is 1. The quantitative estimate of drug-likeness (QED) is 0.127. The van der Waals surface area contributed by atoms with Gasteiger partial charge in [0.05, 0.1) is 17.8 Å². The Bertz CT molecular complexity index is 1540. The molecule has 6 amide bonds. The number of carbonyl (C=O) groups is 6. The molecule has 3 N–H and O–H groups in total. The van der Waals surface area contributed by atoms with E-state index >= 15 is 0 Å². The van der Waals surface area contributed by atoms with Crippen LogP contribution >= 0.6 is 11.8 Å². The molecule has 2 aliphatic heterocycles. The Labute approximate surface area is 306 Å². The van der Waals surface area contributed by atoms with E-state index in [1.165, 1.54) is 6.42 Å². The number of benzene rings is 1. The number of rotatable bonds is 14. The Hall–Kier alpha value is -3.67. The summed E-state index contributed by atoms with van der Waals surface area (Å²) in [4.78, 5) is 78.9. The van der Waals surface area contributed by atoms with Gasteiger partial charge in [-0.2, -0.15) is 21.8 Å². The van der Waals surface area contributed by atoms with Gasteiger partial charge in [-0.05, 0) is 65.4 Å². The van der Waals surface area contributed by atoms with Crippen LogP contribution in [0.25, 0.3) is 0 Å². The zero-order valence-electron chi connectivity index (χ0n) is 31.5. The van der Waals surface area contributed by atoms with Gasteiger partial charge in [0.25, 0.3) is 17.7 Å². The lowest BCUT2D eigenvalue weighted by molar-refractivity contribution is -0.149. The summed E-state index contributed by atoms with van der Waals surface area (Å²) >= 11 is 1.68. The van der Waals surface area contributed by atoms with Crippen molar-refractivity contribution < 1.29 is 33.9 Å². The molecule has 0 spiro atoms. The van der Waals surface area contributed by atoms with E-state index < -0.39 is 59.1 Å². The minimum atomic E-state index is -0.783. The number of amides is 6. The van der Waals surface area contributed by atoms with Gasteiger partial charge in [0.2, 0.25) is 17.7 Å². The number of nitrogens with zero attached hydrogens (tertiary/aromatic N) is 2. The number of aromatic hydroxyl groups is 1. The third-order valence-electron chi connectivity index (χ3n) is 10.1. The molecule has 0 saturated carbocycles. The molecule has 2 fully saturated rings. The largest absolute Gasteiger partial charge is 0.507 e. The molecule has 0 radical (unpaired) electrons. The van der Waals surface area contributed by atoms with Crippen LogP contribution in [0.2, 0.25) is 0 Å². The molecule has 12 heteroatoms. The molecule has 2 saturated heterocycles. The van der Waals surface area contributed by atoms with Crippen LogP contribution < -0.4 is 10.9 Å². The number of imide groups is 2. The fraction of sp³-hybridized carbons (Fsp3) is 0.641. The summed E-state index contributed by atoms with van der Waals surface area (Å²) in [6.07, 6.45) is 7.00. The van der Waals surface area contributed by atoms with Crippen LogP contribution in [0.5, 0.6) is 5.75 Å². The monoisotopic (exact) mass is 724 g/mol. The first-order valence-electron chi connectivity index (χ1n) is 18.3. The van der Waals surface area contributed by atoms with Crippen LogP contribution in [-0.4, -0.2) is 62.1 Å². The second kappa shape index (κ2) is 16.3. The molecular formula is C39H56N4O7S. The average molecular weight is 725 g/mol. The number of phenolic OH excluding ortho intramolecular Hbond substituents is 1. The van der Waals surface area contributed by atoms with Crippen molar-refractivity contribution in [1.29, 1.82) is 0 Å². The smallest absolute Gasteiger partial charge is 0.256 e. The fourth-order valence-corrected chi connectivity index (χ4v) is 8.22. The molecule has 2 heterocycles. The third-order valence-corrected chi connectivity index (χ3v) is 11.2. The van der Waals surface area contributed by atoms with Crippen molar-refractivity contribution in [2.75, 3.05) is 11.5 Å². The highest BCUT2D eigenvalue weighted by Gasteiger charge is 2.54. The van der Waals surface area contributed by atoms with E-state index in [1.54, 1.807) is 24.8 Å². The predicted octanol–water partition coefficient (Wildman–Crippen LogP) is 5.63. The number of unbranched alkanes of at least 4 members (excludes halogenated alkanes) is 3. The van der Waals surface area contributed by atoms with E-state index in [0.29, 0.717) is 17.7 Å². The Kier molecular flexibility index (Phi) is 12.8. The van der Waals surface area contributed by atoms with Crippen LogP contribution in [0.4, 0.5) is 0 Å². The molecule has 4 rings (SSSR count). The first-order valence-corrected chi connectivity index (χ1v) is 19.5. The van der Waals surface area contributed by atoms with E-state index in [4.69, 9.17) is 0 Å². The van der Waals surface area contributed by atoms with Gasteiger partial charge >= 0.3 is 0 Å². The number of allylic oxidation sites excluding steroid dienone is 1. The molecule has 1 aliphatic carbocycles. The summed E-state index contributed by atoms with van der Waals surface area (Å²) in [5, 5.41) is 12.7. The second-order valence-electron chi connectivity index (χ2n) is 16.3. The highest BCUT2D eigenvalue weighted by atomic mass is 32.2. The van der Waals surface area contributed by atoms with E-state index in [9.17, 15) is 33.9 Å². The normalized spacial score (nSPS) is 22.4. The van der Waals surface area contributed by atoms with Crippen LogP contribution in [0.15, 0.2) is 23.8 Å². The van der Waals surface area contributed by atoms with Crippen molar-refractivity contribution in [3.05, 3.63) is 40.5 Å². The molecular weight excluding hydrogens is 669 g/mol. The van der Waals surface area contributed by atoms with Gasteiger partial charge in [-0.1, -0.05) is 91.5 Å². The van der Waals surface area contributed by atoms with Crippen LogP contribution in [-0.2, 0) is 46.0 Å². The van der Waals surface area contributed by atoms with Gasteiger partial charge < -0.3 is 5.11 Å². The lowest BCUT2D eigenvalue weighted by atomic mass is 9.71. The maximum atomic E-state index is 13.6. The first kappa shape index (κ1) is 40.1. The number of hydrogen-bond donors (Lipinski definition) is 3. The van der Waals surface area contributed by atoms with Gasteiger partial charge in [-0.15, -0.1) is 0 Å². The van der Waals surface area contributed by atoms with Gasteiger partial charge in [-0.25, -0.2) is 0 Å². The van der Waals surface area contributed by atoms with Crippen molar-refractivity contribution in [3.63, 3.8) is 0 Å². The van der Waals surface area contributed by atoms with Crippen LogP contribution in [0, 0.1) is 23.7 Å². The van der Waals surface area contributed by atoms with Gasteiger partial charge in [0, 0.05) is 25.0 Å². The van der Waals surface area contributed by atoms with Crippen molar-refractivity contribution in [1.82, 2.24) is 20.9 Å². The van der Waals surface area contributed by atoms with Gasteiger partial charge in [-0.3, -0.25) is 39.6 Å². The average Bonchev–Trinajstić information content (AvgIpc) is 3.45. The van der Waals surface area contributed by atoms with E-state index in [1.807, 2.05) is 53.7 Å². The Balaban J connectivity index is 1.35. The number of thioether (sulfide) groups is 1. The number of aryl methyl sites for hydroxylation is 1. The molecule has 11 nitrogen and oxygen atoms in total. The summed E-state index contributed by atoms with van der Waals surface area (Å²) in [7, 11) is 0. The van der Waals surface area contributed by atoms with Crippen LogP contribution in [0.3, 0.4) is 0 Å². The highest BCUT2D eigenvalue weighted by Crippen LogP contribution is 2.44. The molecule has 0 aromatic heterocycles. The van der Waals surface area contributed by atoms with Gasteiger partial charge in [0.15, 0.2) is 0 Å². The predicted molar refractivity (Wildman–Crippen MR) is 197 cm³/mol. The SMILES string of the molecule is CCCCCCSCCC(=O)NN1C(=O)CC(C2C=C(C)C3C(=O)N(NC(=O)CCc4cc(C(C)(C)C)c(O)c(C(C)(C)C)c4)C(=O)C3C2)C1=O. The maximum absolute atomic E-state index is 13.6. The number of carbonyl (C=O) groups excluding carboxylic acids is 6. The van der Waals surface area contributed by atoms with Crippen molar-refractivity contribution in [2.45, 2.75) is 124 Å². The van der Waals surface area contributed by atoms with Crippen LogP contribution in [0.1, 0.15) is 123 Å². The molecule has 1 aromatic rings. The summed E-state index contributed by atoms with van der Waals surface area (Å²) in [6.45, 7) is 16.0. The maximum Gasteiger partial charge on any atom is 0.256 e. The Morgan fingerprint density at radius 2 is 1.41 bits per heavy atom. The fourth-order valence-electron chi connectivity index (χ4n) is 7.28. The van der Waals surface area contributed by atoms with E-state index in [-0.39, 0.29) is 42.3 Å². The first-order chi connectivity index (χ1) is 23.8. The summed E-state index contributed by atoms with van der Waals surface area (Å²) in [6, 6.07) is 3.81. The van der Waals surface area contributed by atoms with E-state index in [0.717, 1.165) is 51.7 Å².